The lowest BCUT2D eigenvalue weighted by molar-refractivity contribution is 0.238. The topological polar surface area (TPSA) is 47.6 Å². The number of rotatable bonds is 9. The van der Waals surface area contributed by atoms with Crippen LogP contribution in [-0.4, -0.2) is 56.7 Å². The van der Waals surface area contributed by atoms with Gasteiger partial charge in [-0.25, -0.2) is 4.79 Å². The fourth-order valence-corrected chi connectivity index (χ4v) is 3.50. The zero-order valence-corrected chi connectivity index (χ0v) is 16.1. The Morgan fingerprint density at radius 1 is 1.32 bits per heavy atom. The van der Waals surface area contributed by atoms with Gasteiger partial charge < -0.3 is 20.4 Å². The van der Waals surface area contributed by atoms with Gasteiger partial charge in [0.05, 0.1) is 0 Å². The molecule has 2 rings (SSSR count). The van der Waals surface area contributed by atoms with Crippen LogP contribution in [0.2, 0.25) is 0 Å². The first kappa shape index (κ1) is 19.6. The summed E-state index contributed by atoms with van der Waals surface area (Å²) >= 11 is 0. The SMILES string of the molecule is CCCN1CCC(CNC(=O)NCCN(CC)c2cccc(C)c2)C1. The lowest BCUT2D eigenvalue weighted by Crippen LogP contribution is -2.42. The van der Waals surface area contributed by atoms with E-state index in [-0.39, 0.29) is 6.03 Å². The Morgan fingerprint density at radius 3 is 2.88 bits per heavy atom. The van der Waals surface area contributed by atoms with Crippen molar-refractivity contribution < 1.29 is 4.79 Å². The minimum atomic E-state index is -0.0470. The Hall–Kier alpha value is -1.75. The number of urea groups is 1. The van der Waals surface area contributed by atoms with E-state index in [1.807, 2.05) is 0 Å². The molecule has 1 unspecified atom stereocenters. The maximum Gasteiger partial charge on any atom is 0.314 e. The molecule has 1 aromatic carbocycles. The fraction of sp³-hybridized carbons (Fsp3) is 0.650. The van der Waals surface area contributed by atoms with Crippen LogP contribution in [0.4, 0.5) is 10.5 Å². The van der Waals surface area contributed by atoms with E-state index < -0.39 is 0 Å². The van der Waals surface area contributed by atoms with Crippen LogP contribution in [0.3, 0.4) is 0 Å². The van der Waals surface area contributed by atoms with Crippen LogP contribution in [0, 0.1) is 12.8 Å². The van der Waals surface area contributed by atoms with Crippen molar-refractivity contribution in [3.63, 3.8) is 0 Å². The van der Waals surface area contributed by atoms with E-state index in [1.54, 1.807) is 0 Å². The van der Waals surface area contributed by atoms with E-state index >= 15 is 0 Å². The maximum atomic E-state index is 12.0. The van der Waals surface area contributed by atoms with Crippen molar-refractivity contribution in [1.29, 1.82) is 0 Å². The van der Waals surface area contributed by atoms with Crippen LogP contribution in [0.5, 0.6) is 0 Å². The molecule has 25 heavy (non-hydrogen) atoms. The van der Waals surface area contributed by atoms with Crippen molar-refractivity contribution in [2.24, 2.45) is 5.92 Å². The van der Waals surface area contributed by atoms with E-state index in [9.17, 15) is 4.79 Å². The Balaban J connectivity index is 1.64. The quantitative estimate of drug-likeness (QED) is 0.723. The molecular formula is C20H34N4O. The highest BCUT2D eigenvalue weighted by Gasteiger charge is 2.21. The Bertz CT molecular complexity index is 534. The third-order valence-corrected chi connectivity index (χ3v) is 4.88. The molecule has 1 aliphatic rings. The maximum absolute atomic E-state index is 12.0. The summed E-state index contributed by atoms with van der Waals surface area (Å²) in [6.45, 7) is 13.1. The third kappa shape index (κ3) is 6.58. The summed E-state index contributed by atoms with van der Waals surface area (Å²) in [5, 5.41) is 6.02. The largest absolute Gasteiger partial charge is 0.370 e. The molecule has 0 saturated carbocycles. The molecule has 1 saturated heterocycles. The van der Waals surface area contributed by atoms with E-state index in [0.717, 1.165) is 26.2 Å². The van der Waals surface area contributed by atoms with Gasteiger partial charge in [-0.15, -0.1) is 0 Å². The van der Waals surface area contributed by atoms with Crippen molar-refractivity contribution in [3.05, 3.63) is 29.8 Å². The van der Waals surface area contributed by atoms with Crippen molar-refractivity contribution in [3.8, 4) is 0 Å². The molecule has 1 atom stereocenters. The van der Waals surface area contributed by atoms with Gasteiger partial charge in [0.25, 0.3) is 0 Å². The molecule has 0 radical (unpaired) electrons. The number of nitrogens with zero attached hydrogens (tertiary/aromatic N) is 2. The van der Waals surface area contributed by atoms with Crippen LogP contribution in [0.1, 0.15) is 32.3 Å². The van der Waals surface area contributed by atoms with Crippen molar-refractivity contribution in [1.82, 2.24) is 15.5 Å². The van der Waals surface area contributed by atoms with Crippen LogP contribution < -0.4 is 15.5 Å². The van der Waals surface area contributed by atoms with Gasteiger partial charge in [-0.3, -0.25) is 0 Å². The zero-order valence-electron chi connectivity index (χ0n) is 16.1. The Morgan fingerprint density at radius 2 is 2.16 bits per heavy atom. The van der Waals surface area contributed by atoms with Crippen LogP contribution in [0.25, 0.3) is 0 Å². The fourth-order valence-electron chi connectivity index (χ4n) is 3.50. The molecule has 0 spiro atoms. The van der Waals surface area contributed by atoms with Crippen LogP contribution in [-0.2, 0) is 0 Å². The van der Waals surface area contributed by atoms with E-state index in [1.165, 1.54) is 37.2 Å². The van der Waals surface area contributed by atoms with Gasteiger partial charge in [-0.05, 0) is 63.4 Å². The number of amides is 2. The highest BCUT2D eigenvalue weighted by molar-refractivity contribution is 5.73. The number of anilines is 1. The molecule has 5 heteroatoms. The molecule has 0 bridgehead atoms. The van der Waals surface area contributed by atoms with Gasteiger partial charge in [0.15, 0.2) is 0 Å². The number of hydrogen-bond donors (Lipinski definition) is 2. The van der Waals surface area contributed by atoms with Crippen LogP contribution in [0.15, 0.2) is 24.3 Å². The summed E-state index contributed by atoms with van der Waals surface area (Å²) in [7, 11) is 0. The molecule has 140 valence electrons. The molecule has 5 nitrogen and oxygen atoms in total. The van der Waals surface area contributed by atoms with E-state index in [2.05, 4.69) is 65.5 Å². The molecule has 1 heterocycles. The highest BCUT2D eigenvalue weighted by Crippen LogP contribution is 2.16. The minimum Gasteiger partial charge on any atom is -0.370 e. The van der Waals surface area contributed by atoms with Gasteiger partial charge in [0.1, 0.15) is 0 Å². The number of hydrogen-bond acceptors (Lipinski definition) is 3. The second kappa shape index (κ2) is 10.3. The summed E-state index contributed by atoms with van der Waals surface area (Å²) in [5.74, 6) is 0.594. The number of benzene rings is 1. The monoisotopic (exact) mass is 346 g/mol. The standard InChI is InChI=1S/C20H34N4O/c1-4-11-23-12-9-18(16-23)15-22-20(25)21-10-13-24(5-2)19-8-6-7-17(3)14-19/h6-8,14,18H,4-5,9-13,15-16H2,1-3H3,(H2,21,22,25). The smallest absolute Gasteiger partial charge is 0.314 e. The molecule has 1 aliphatic heterocycles. The van der Waals surface area contributed by atoms with Gasteiger partial charge in [-0.2, -0.15) is 0 Å². The lowest BCUT2D eigenvalue weighted by Gasteiger charge is -2.23. The molecule has 1 aromatic rings. The number of carbonyl (C=O) groups excluding carboxylic acids is 1. The summed E-state index contributed by atoms with van der Waals surface area (Å²) in [5.41, 5.74) is 2.47. The molecule has 0 aromatic heterocycles. The summed E-state index contributed by atoms with van der Waals surface area (Å²) in [4.78, 5) is 16.8. The number of likely N-dealkylation sites (tertiary alicyclic amines) is 1. The van der Waals surface area contributed by atoms with Gasteiger partial charge >= 0.3 is 6.03 Å². The first-order valence-electron chi connectivity index (χ1n) is 9.68. The Kier molecular flexibility index (Phi) is 8.06. The van der Waals surface area contributed by atoms with Crippen molar-refractivity contribution >= 4 is 11.7 Å². The molecule has 0 aliphatic carbocycles. The first-order valence-corrected chi connectivity index (χ1v) is 9.68. The average molecular weight is 347 g/mol. The Labute approximate surface area is 152 Å². The molecule has 2 amide bonds. The molecular weight excluding hydrogens is 312 g/mol. The number of aryl methyl sites for hydroxylation is 1. The number of likely N-dealkylation sites (N-methyl/N-ethyl adjacent to an activating group) is 1. The number of carbonyl (C=O) groups is 1. The summed E-state index contributed by atoms with van der Waals surface area (Å²) < 4.78 is 0. The highest BCUT2D eigenvalue weighted by atomic mass is 16.2. The zero-order chi connectivity index (χ0) is 18.1. The summed E-state index contributed by atoms with van der Waals surface area (Å²) in [6.07, 6.45) is 2.40. The van der Waals surface area contributed by atoms with Gasteiger partial charge in [-0.1, -0.05) is 19.1 Å². The minimum absolute atomic E-state index is 0.0470. The van der Waals surface area contributed by atoms with E-state index in [4.69, 9.17) is 0 Å². The first-order chi connectivity index (χ1) is 12.1. The predicted molar refractivity (Wildman–Crippen MR) is 105 cm³/mol. The molecule has 2 N–H and O–H groups in total. The average Bonchev–Trinajstić information content (AvgIpc) is 3.05. The van der Waals surface area contributed by atoms with Crippen molar-refractivity contribution in [2.75, 3.05) is 50.7 Å². The van der Waals surface area contributed by atoms with Crippen LogP contribution >= 0.6 is 0 Å². The predicted octanol–water partition coefficient (Wildman–Crippen LogP) is 2.85. The van der Waals surface area contributed by atoms with Gasteiger partial charge in [0, 0.05) is 38.4 Å². The van der Waals surface area contributed by atoms with Crippen molar-refractivity contribution in [2.45, 2.75) is 33.6 Å². The molecule has 1 fully saturated rings. The third-order valence-electron chi connectivity index (χ3n) is 4.88. The second-order valence-corrected chi connectivity index (χ2v) is 7.01. The lowest BCUT2D eigenvalue weighted by atomic mass is 10.1. The van der Waals surface area contributed by atoms with Gasteiger partial charge in [0.2, 0.25) is 0 Å². The number of nitrogens with one attached hydrogen (secondary N) is 2. The normalized spacial score (nSPS) is 17.5. The summed E-state index contributed by atoms with van der Waals surface area (Å²) in [6, 6.07) is 8.45. The second-order valence-electron chi connectivity index (χ2n) is 7.01. The van der Waals surface area contributed by atoms with E-state index in [0.29, 0.717) is 12.5 Å².